The fourth-order valence-corrected chi connectivity index (χ4v) is 3.72. The normalized spacial score (nSPS) is 11.5. The van der Waals surface area contributed by atoms with Crippen LogP contribution in [-0.4, -0.2) is 24.6 Å². The van der Waals surface area contributed by atoms with Crippen LogP contribution in [0.1, 0.15) is 5.56 Å². The Kier molecular flexibility index (Phi) is 5.53. The van der Waals surface area contributed by atoms with Crippen LogP contribution in [-0.2, 0) is 16.4 Å². The minimum atomic E-state index is -4.44. The van der Waals surface area contributed by atoms with E-state index in [1.165, 1.54) is 24.4 Å². The first-order chi connectivity index (χ1) is 14.0. The molecule has 0 atom stereocenters. The molecule has 0 saturated heterocycles. The molecule has 0 spiro atoms. The summed E-state index contributed by atoms with van der Waals surface area (Å²) in [6.07, 6.45) is 1.90. The van der Waals surface area contributed by atoms with E-state index in [1.54, 1.807) is 6.07 Å². The average Bonchev–Trinajstić information content (AvgIpc) is 2.67. The molecule has 0 unspecified atom stereocenters. The van der Waals surface area contributed by atoms with Crippen LogP contribution in [0.25, 0.3) is 11.1 Å². The van der Waals surface area contributed by atoms with Crippen LogP contribution in [0.2, 0.25) is 0 Å². The average molecular weight is 442 g/mol. The molecule has 0 saturated carbocycles. The maximum absolute atomic E-state index is 14.2. The smallest absolute Gasteiger partial charge is 0.221 e. The van der Waals surface area contributed by atoms with E-state index < -0.39 is 50.2 Å². The molecule has 30 heavy (non-hydrogen) atoms. The van der Waals surface area contributed by atoms with Crippen molar-refractivity contribution in [1.29, 1.82) is 0 Å². The zero-order chi connectivity index (χ0) is 22.2. The molecule has 0 aliphatic rings. The van der Waals surface area contributed by atoms with Crippen LogP contribution in [0.5, 0.6) is 5.75 Å². The monoisotopic (exact) mass is 442 g/mol. The number of halogens is 4. The third-order valence-electron chi connectivity index (χ3n) is 4.05. The van der Waals surface area contributed by atoms with E-state index in [-0.39, 0.29) is 17.5 Å². The molecule has 2 aromatic carbocycles. The predicted molar refractivity (Wildman–Crippen MR) is 100 cm³/mol. The van der Waals surface area contributed by atoms with Crippen LogP contribution in [0, 0.1) is 23.3 Å². The Morgan fingerprint density at radius 2 is 1.70 bits per heavy atom. The molecule has 0 aliphatic heterocycles. The van der Waals surface area contributed by atoms with Crippen molar-refractivity contribution in [3.63, 3.8) is 0 Å². The SMILES string of the molecule is CS(=O)(=O)c1c(F)c(F)c(F)c(F)c1COc1cccc(-c2cnc(N)nc2N)c1. The summed E-state index contributed by atoms with van der Waals surface area (Å²) in [6.45, 7) is -0.889. The van der Waals surface area contributed by atoms with Gasteiger partial charge in [0, 0.05) is 23.6 Å². The van der Waals surface area contributed by atoms with Crippen molar-refractivity contribution in [2.45, 2.75) is 11.5 Å². The summed E-state index contributed by atoms with van der Waals surface area (Å²) in [5, 5.41) is 0. The number of aromatic nitrogens is 2. The molecule has 0 radical (unpaired) electrons. The van der Waals surface area contributed by atoms with Gasteiger partial charge in [0.05, 0.1) is 0 Å². The molecule has 3 rings (SSSR count). The minimum Gasteiger partial charge on any atom is -0.489 e. The van der Waals surface area contributed by atoms with Gasteiger partial charge in [-0.2, -0.15) is 4.98 Å². The van der Waals surface area contributed by atoms with Crippen LogP contribution in [0.4, 0.5) is 29.3 Å². The molecule has 12 heteroatoms. The van der Waals surface area contributed by atoms with Gasteiger partial charge in [0.25, 0.3) is 0 Å². The molecule has 0 bridgehead atoms. The second-order valence-corrected chi connectivity index (χ2v) is 8.13. The van der Waals surface area contributed by atoms with Crippen LogP contribution in [0.15, 0.2) is 35.4 Å². The van der Waals surface area contributed by atoms with Crippen LogP contribution >= 0.6 is 0 Å². The molecule has 1 heterocycles. The largest absolute Gasteiger partial charge is 0.489 e. The highest BCUT2D eigenvalue weighted by atomic mass is 32.2. The first-order valence-corrected chi connectivity index (χ1v) is 10.1. The Morgan fingerprint density at radius 3 is 2.33 bits per heavy atom. The third-order valence-corrected chi connectivity index (χ3v) is 5.22. The van der Waals surface area contributed by atoms with Gasteiger partial charge in [0.15, 0.2) is 33.1 Å². The lowest BCUT2D eigenvalue weighted by atomic mass is 10.1. The Bertz CT molecular complexity index is 1250. The van der Waals surface area contributed by atoms with Gasteiger partial charge in [0.2, 0.25) is 5.95 Å². The number of hydrogen-bond donors (Lipinski definition) is 2. The number of nitrogens with two attached hydrogens (primary N) is 2. The van der Waals surface area contributed by atoms with E-state index in [4.69, 9.17) is 16.2 Å². The highest BCUT2D eigenvalue weighted by molar-refractivity contribution is 7.90. The van der Waals surface area contributed by atoms with Crippen molar-refractivity contribution < 1.29 is 30.7 Å². The third kappa shape index (κ3) is 3.99. The fraction of sp³-hybridized carbons (Fsp3) is 0.111. The number of nitrogen functional groups attached to an aromatic ring is 2. The van der Waals surface area contributed by atoms with E-state index >= 15 is 0 Å². The molecule has 4 N–H and O–H groups in total. The second kappa shape index (κ2) is 7.78. The van der Waals surface area contributed by atoms with Crippen molar-refractivity contribution in [2.75, 3.05) is 17.7 Å². The standard InChI is InChI=1S/C18H14F4N4O3S/c1-30(27,28)16-11(12(19)13(20)14(21)15(16)22)7-29-9-4-2-3-8(5-9)10-6-25-18(24)26-17(10)23/h2-6H,7H2,1H3,(H4,23,24,25,26). The Balaban J connectivity index is 1.99. The van der Waals surface area contributed by atoms with Gasteiger partial charge in [-0.15, -0.1) is 0 Å². The molecule has 158 valence electrons. The van der Waals surface area contributed by atoms with Gasteiger partial charge in [-0.1, -0.05) is 12.1 Å². The number of benzene rings is 2. The lowest BCUT2D eigenvalue weighted by Gasteiger charge is -2.14. The second-order valence-electron chi connectivity index (χ2n) is 6.18. The highest BCUT2D eigenvalue weighted by Gasteiger charge is 2.30. The summed E-state index contributed by atoms with van der Waals surface area (Å²) >= 11 is 0. The first-order valence-electron chi connectivity index (χ1n) is 8.16. The number of ether oxygens (including phenoxy) is 1. The molecule has 0 aliphatic carbocycles. The summed E-state index contributed by atoms with van der Waals surface area (Å²) in [5.74, 6) is -8.12. The number of hydrogen-bond acceptors (Lipinski definition) is 7. The van der Waals surface area contributed by atoms with Crippen molar-refractivity contribution in [3.05, 3.63) is 59.3 Å². The zero-order valence-electron chi connectivity index (χ0n) is 15.3. The van der Waals surface area contributed by atoms with E-state index in [0.29, 0.717) is 17.4 Å². The van der Waals surface area contributed by atoms with Crippen LogP contribution in [0.3, 0.4) is 0 Å². The lowest BCUT2D eigenvalue weighted by Crippen LogP contribution is -2.15. The van der Waals surface area contributed by atoms with Crippen molar-refractivity contribution in [2.24, 2.45) is 0 Å². The van der Waals surface area contributed by atoms with E-state index in [9.17, 15) is 26.0 Å². The van der Waals surface area contributed by atoms with E-state index in [2.05, 4.69) is 9.97 Å². The summed E-state index contributed by atoms with van der Waals surface area (Å²) in [6, 6.07) is 6.00. The highest BCUT2D eigenvalue weighted by Crippen LogP contribution is 2.31. The van der Waals surface area contributed by atoms with E-state index in [1.807, 2.05) is 0 Å². The predicted octanol–water partition coefficient (Wildman–Crippen LogP) is 2.85. The van der Waals surface area contributed by atoms with Gasteiger partial charge >= 0.3 is 0 Å². The lowest BCUT2D eigenvalue weighted by molar-refractivity contribution is 0.286. The van der Waals surface area contributed by atoms with Gasteiger partial charge < -0.3 is 16.2 Å². The molecular formula is C18H14F4N4O3S. The molecule has 3 aromatic rings. The molecule has 7 nitrogen and oxygen atoms in total. The number of sulfone groups is 1. The minimum absolute atomic E-state index is 0.0344. The van der Waals surface area contributed by atoms with Crippen molar-refractivity contribution in [3.8, 4) is 16.9 Å². The summed E-state index contributed by atoms with van der Waals surface area (Å²) in [4.78, 5) is 6.33. The Hall–Kier alpha value is -3.41. The molecule has 1 aromatic heterocycles. The zero-order valence-corrected chi connectivity index (χ0v) is 16.1. The van der Waals surface area contributed by atoms with Gasteiger partial charge in [0.1, 0.15) is 23.1 Å². The Morgan fingerprint density at radius 1 is 1.03 bits per heavy atom. The summed E-state index contributed by atoms with van der Waals surface area (Å²) < 4.78 is 84.3. The number of anilines is 2. The molecule has 0 amide bonds. The first kappa shape index (κ1) is 21.3. The summed E-state index contributed by atoms with van der Waals surface area (Å²) in [5.41, 5.74) is 11.1. The van der Waals surface area contributed by atoms with Crippen molar-refractivity contribution in [1.82, 2.24) is 9.97 Å². The number of rotatable bonds is 5. The fourth-order valence-electron chi connectivity index (χ4n) is 2.71. The molecular weight excluding hydrogens is 428 g/mol. The van der Waals surface area contributed by atoms with E-state index in [0.717, 1.165) is 0 Å². The maximum atomic E-state index is 14.2. The van der Waals surface area contributed by atoms with Gasteiger partial charge in [-0.3, -0.25) is 0 Å². The topological polar surface area (TPSA) is 121 Å². The molecule has 0 fully saturated rings. The number of nitrogens with zero attached hydrogens (tertiary/aromatic N) is 2. The Labute approximate surface area is 168 Å². The van der Waals surface area contributed by atoms with Gasteiger partial charge in [-0.05, 0) is 17.7 Å². The quantitative estimate of drug-likeness (QED) is 0.270. The van der Waals surface area contributed by atoms with Crippen molar-refractivity contribution >= 4 is 21.6 Å². The maximum Gasteiger partial charge on any atom is 0.221 e. The summed E-state index contributed by atoms with van der Waals surface area (Å²) in [7, 11) is -4.44. The van der Waals surface area contributed by atoms with Crippen LogP contribution < -0.4 is 16.2 Å². The van der Waals surface area contributed by atoms with Gasteiger partial charge in [-0.25, -0.2) is 31.0 Å².